The van der Waals surface area contributed by atoms with Gasteiger partial charge in [0.15, 0.2) is 0 Å². The van der Waals surface area contributed by atoms with Crippen molar-refractivity contribution in [3.63, 3.8) is 0 Å². The number of nitrogens with zero attached hydrogens (tertiary/aromatic N) is 1. The quantitative estimate of drug-likeness (QED) is 0.769. The molecule has 1 atom stereocenters. The molecule has 2 N–H and O–H groups in total. The molecular weight excluding hydrogens is 172 g/mol. The molecule has 2 rings (SSSR count). The molecule has 0 fully saturated rings. The van der Waals surface area contributed by atoms with Gasteiger partial charge in [-0.15, -0.1) is 0 Å². The van der Waals surface area contributed by atoms with Gasteiger partial charge in [-0.3, -0.25) is 0 Å². The number of anilines is 1. The van der Waals surface area contributed by atoms with Gasteiger partial charge in [0.05, 0.1) is 0 Å². The van der Waals surface area contributed by atoms with Gasteiger partial charge in [0.2, 0.25) is 0 Å². The largest absolute Gasteiger partial charge is 0.374 e. The molecule has 1 aromatic carbocycles. The average Bonchev–Trinajstić information content (AvgIpc) is 2.43. The Hall–Kier alpha value is -1.02. The van der Waals surface area contributed by atoms with Gasteiger partial charge >= 0.3 is 0 Å². The molecule has 0 aromatic heterocycles. The molecule has 1 aliphatic heterocycles. The number of rotatable bonds is 2. The molecule has 0 saturated carbocycles. The van der Waals surface area contributed by atoms with E-state index in [1.54, 1.807) is 0 Å². The molecule has 2 heteroatoms. The maximum atomic E-state index is 5.55. The van der Waals surface area contributed by atoms with E-state index in [0.29, 0.717) is 5.92 Å². The zero-order valence-electron chi connectivity index (χ0n) is 8.96. The molecule has 0 saturated heterocycles. The molecule has 0 radical (unpaired) electrons. The first-order valence-corrected chi connectivity index (χ1v) is 5.26. The van der Waals surface area contributed by atoms with Gasteiger partial charge in [-0.2, -0.15) is 0 Å². The van der Waals surface area contributed by atoms with Crippen LogP contribution in [-0.4, -0.2) is 20.1 Å². The predicted octanol–water partition coefficient (Wildman–Crippen LogP) is 1.74. The van der Waals surface area contributed by atoms with E-state index in [-0.39, 0.29) is 0 Å². The molecule has 0 amide bonds. The average molecular weight is 190 g/mol. The van der Waals surface area contributed by atoms with Crippen LogP contribution >= 0.6 is 0 Å². The summed E-state index contributed by atoms with van der Waals surface area (Å²) >= 11 is 0. The highest BCUT2D eigenvalue weighted by atomic mass is 15.1. The van der Waals surface area contributed by atoms with E-state index in [1.165, 1.54) is 16.8 Å². The first-order valence-electron chi connectivity index (χ1n) is 5.26. The Morgan fingerprint density at radius 2 is 2.29 bits per heavy atom. The zero-order chi connectivity index (χ0) is 10.1. The number of benzene rings is 1. The van der Waals surface area contributed by atoms with E-state index in [2.05, 4.69) is 37.1 Å². The SMILES string of the molecule is CC1CN(C)c2cc(CCN)ccc21. The molecule has 2 nitrogen and oxygen atoms in total. The van der Waals surface area contributed by atoms with Crippen molar-refractivity contribution >= 4 is 5.69 Å². The molecule has 1 aliphatic rings. The fraction of sp³-hybridized carbons (Fsp3) is 0.500. The van der Waals surface area contributed by atoms with Gasteiger partial charge in [-0.1, -0.05) is 19.1 Å². The number of hydrogen-bond acceptors (Lipinski definition) is 2. The van der Waals surface area contributed by atoms with Gasteiger partial charge in [-0.25, -0.2) is 0 Å². The number of fused-ring (bicyclic) bond motifs is 1. The summed E-state index contributed by atoms with van der Waals surface area (Å²) in [6.07, 6.45) is 0.982. The van der Waals surface area contributed by atoms with Crippen LogP contribution in [0, 0.1) is 0 Å². The summed E-state index contributed by atoms with van der Waals surface area (Å²) in [4.78, 5) is 2.33. The Labute approximate surface area is 85.7 Å². The first kappa shape index (κ1) is 9.53. The van der Waals surface area contributed by atoms with Gasteiger partial charge in [-0.05, 0) is 30.2 Å². The summed E-state index contributed by atoms with van der Waals surface area (Å²) in [5, 5.41) is 0. The van der Waals surface area contributed by atoms with Gasteiger partial charge in [0, 0.05) is 25.2 Å². The second kappa shape index (κ2) is 3.62. The summed E-state index contributed by atoms with van der Waals surface area (Å²) in [5.41, 5.74) is 9.78. The third-order valence-corrected chi connectivity index (χ3v) is 3.02. The minimum absolute atomic E-state index is 0.668. The fourth-order valence-corrected chi connectivity index (χ4v) is 2.27. The maximum Gasteiger partial charge on any atom is 0.0402 e. The Morgan fingerprint density at radius 1 is 1.50 bits per heavy atom. The summed E-state index contributed by atoms with van der Waals surface area (Å²) in [6, 6.07) is 6.75. The van der Waals surface area contributed by atoms with Crippen LogP contribution in [-0.2, 0) is 6.42 Å². The number of likely N-dealkylation sites (N-methyl/N-ethyl adjacent to an activating group) is 1. The van der Waals surface area contributed by atoms with E-state index >= 15 is 0 Å². The van der Waals surface area contributed by atoms with Crippen LogP contribution in [0.15, 0.2) is 18.2 Å². The van der Waals surface area contributed by atoms with Crippen molar-refractivity contribution < 1.29 is 0 Å². The highest BCUT2D eigenvalue weighted by molar-refractivity contribution is 5.60. The van der Waals surface area contributed by atoms with Crippen molar-refractivity contribution in [3.05, 3.63) is 29.3 Å². The van der Waals surface area contributed by atoms with Crippen molar-refractivity contribution in [1.82, 2.24) is 0 Å². The minimum atomic E-state index is 0.668. The third-order valence-electron chi connectivity index (χ3n) is 3.02. The molecule has 1 unspecified atom stereocenters. The number of nitrogens with two attached hydrogens (primary N) is 1. The van der Waals surface area contributed by atoms with E-state index in [0.717, 1.165) is 19.5 Å². The summed E-state index contributed by atoms with van der Waals surface area (Å²) < 4.78 is 0. The molecule has 76 valence electrons. The normalized spacial score (nSPS) is 19.9. The lowest BCUT2D eigenvalue weighted by atomic mass is 10.0. The standard InChI is InChI=1S/C12H18N2/c1-9-8-14(2)12-7-10(5-6-13)3-4-11(9)12/h3-4,7,9H,5-6,8,13H2,1-2H3. The lowest BCUT2D eigenvalue weighted by Crippen LogP contribution is -2.14. The topological polar surface area (TPSA) is 29.3 Å². The fourth-order valence-electron chi connectivity index (χ4n) is 2.27. The van der Waals surface area contributed by atoms with Crippen molar-refractivity contribution in [2.75, 3.05) is 25.0 Å². The van der Waals surface area contributed by atoms with Crippen LogP contribution in [0.2, 0.25) is 0 Å². The van der Waals surface area contributed by atoms with Gasteiger partial charge < -0.3 is 10.6 Å². The van der Waals surface area contributed by atoms with Crippen LogP contribution in [0.1, 0.15) is 24.0 Å². The van der Waals surface area contributed by atoms with Crippen LogP contribution in [0.25, 0.3) is 0 Å². The molecule has 0 aliphatic carbocycles. The minimum Gasteiger partial charge on any atom is -0.374 e. The Kier molecular flexibility index (Phi) is 2.46. The third kappa shape index (κ3) is 1.50. The molecule has 14 heavy (non-hydrogen) atoms. The van der Waals surface area contributed by atoms with Gasteiger partial charge in [0.1, 0.15) is 0 Å². The molecule has 0 bridgehead atoms. The monoisotopic (exact) mass is 190 g/mol. The highest BCUT2D eigenvalue weighted by Gasteiger charge is 2.22. The zero-order valence-corrected chi connectivity index (χ0v) is 8.96. The van der Waals surface area contributed by atoms with Crippen LogP contribution in [0.4, 0.5) is 5.69 Å². The first-order chi connectivity index (χ1) is 6.72. The molecule has 1 aromatic rings. The Morgan fingerprint density at radius 3 is 3.00 bits per heavy atom. The molecule has 1 heterocycles. The smallest absolute Gasteiger partial charge is 0.0402 e. The van der Waals surface area contributed by atoms with Crippen LogP contribution in [0.5, 0.6) is 0 Å². The Bertz CT molecular complexity index is 333. The molecule has 0 spiro atoms. The van der Waals surface area contributed by atoms with E-state index in [1.807, 2.05) is 0 Å². The van der Waals surface area contributed by atoms with Gasteiger partial charge in [0.25, 0.3) is 0 Å². The lowest BCUT2D eigenvalue weighted by Gasteiger charge is -2.12. The predicted molar refractivity (Wildman–Crippen MR) is 60.9 cm³/mol. The van der Waals surface area contributed by atoms with Crippen LogP contribution in [0.3, 0.4) is 0 Å². The summed E-state index contributed by atoms with van der Waals surface area (Å²) in [6.45, 7) is 4.16. The maximum absolute atomic E-state index is 5.55. The summed E-state index contributed by atoms with van der Waals surface area (Å²) in [5.74, 6) is 0.668. The second-order valence-electron chi connectivity index (χ2n) is 4.21. The summed E-state index contributed by atoms with van der Waals surface area (Å²) in [7, 11) is 2.16. The second-order valence-corrected chi connectivity index (χ2v) is 4.21. The van der Waals surface area contributed by atoms with E-state index < -0.39 is 0 Å². The van der Waals surface area contributed by atoms with Crippen molar-refractivity contribution in [3.8, 4) is 0 Å². The van der Waals surface area contributed by atoms with Crippen molar-refractivity contribution in [1.29, 1.82) is 0 Å². The van der Waals surface area contributed by atoms with Crippen molar-refractivity contribution in [2.24, 2.45) is 5.73 Å². The van der Waals surface area contributed by atoms with Crippen molar-refractivity contribution in [2.45, 2.75) is 19.3 Å². The van der Waals surface area contributed by atoms with E-state index in [9.17, 15) is 0 Å². The molecular formula is C12H18N2. The Balaban J connectivity index is 2.35. The van der Waals surface area contributed by atoms with E-state index in [4.69, 9.17) is 5.73 Å². The van der Waals surface area contributed by atoms with Crippen LogP contribution < -0.4 is 10.6 Å². The number of hydrogen-bond donors (Lipinski definition) is 1. The highest BCUT2D eigenvalue weighted by Crippen LogP contribution is 2.35. The lowest BCUT2D eigenvalue weighted by molar-refractivity contribution is 0.796.